The van der Waals surface area contributed by atoms with Crippen LogP contribution in [0.5, 0.6) is 0 Å². The van der Waals surface area contributed by atoms with Crippen molar-refractivity contribution in [1.82, 2.24) is 14.8 Å². The Balaban J connectivity index is 2.16. The van der Waals surface area contributed by atoms with Crippen LogP contribution in [-0.4, -0.2) is 65.0 Å². The first-order valence-corrected chi connectivity index (χ1v) is 9.11. The van der Waals surface area contributed by atoms with Crippen molar-refractivity contribution in [3.63, 3.8) is 0 Å². The Hall–Kier alpha value is -2.15. The van der Waals surface area contributed by atoms with Crippen LogP contribution in [0.1, 0.15) is 55.1 Å². The molecule has 2 rings (SSSR count). The van der Waals surface area contributed by atoms with E-state index in [0.717, 1.165) is 12.1 Å². The Bertz CT molecular complexity index is 711. The standard InChI is InChI=1S/C19H29N3O4/c1-12(2)15-7-6-14(18(25)20-15)19(26)22-10-9-16(21(3)4)13(11-22)5-8-17(23)24/h6-7,12-13,16H,5,8-11H2,1-4H3,(H,20,25)(H,23,24)/t13-,16+/m0/s1. The number of hydrogen-bond acceptors (Lipinski definition) is 4. The third kappa shape index (κ3) is 4.72. The van der Waals surface area contributed by atoms with Crippen LogP contribution in [0.3, 0.4) is 0 Å². The number of aromatic amines is 1. The fourth-order valence-electron chi connectivity index (χ4n) is 3.64. The lowest BCUT2D eigenvalue weighted by Gasteiger charge is -2.41. The van der Waals surface area contributed by atoms with E-state index in [1.165, 1.54) is 0 Å². The minimum Gasteiger partial charge on any atom is -0.481 e. The Morgan fingerprint density at radius 3 is 2.58 bits per heavy atom. The Morgan fingerprint density at radius 2 is 2.04 bits per heavy atom. The molecule has 1 aromatic rings. The van der Waals surface area contributed by atoms with Crippen LogP contribution < -0.4 is 5.56 Å². The number of aromatic nitrogens is 1. The Labute approximate surface area is 154 Å². The van der Waals surface area contributed by atoms with E-state index in [1.807, 2.05) is 27.9 Å². The van der Waals surface area contributed by atoms with Gasteiger partial charge in [0.2, 0.25) is 0 Å². The van der Waals surface area contributed by atoms with Crippen LogP contribution in [0.4, 0.5) is 0 Å². The van der Waals surface area contributed by atoms with E-state index in [1.54, 1.807) is 17.0 Å². The predicted octanol–water partition coefficient (Wildman–Crippen LogP) is 1.76. The number of likely N-dealkylation sites (tertiary alicyclic amines) is 1. The molecule has 26 heavy (non-hydrogen) atoms. The average Bonchev–Trinajstić information content (AvgIpc) is 2.58. The molecule has 0 unspecified atom stereocenters. The molecule has 0 aromatic carbocycles. The van der Waals surface area contributed by atoms with Crippen LogP contribution in [0.2, 0.25) is 0 Å². The van der Waals surface area contributed by atoms with Gasteiger partial charge in [0.05, 0.1) is 0 Å². The van der Waals surface area contributed by atoms with Gasteiger partial charge in [0.15, 0.2) is 0 Å². The van der Waals surface area contributed by atoms with Crippen molar-refractivity contribution in [3.8, 4) is 0 Å². The molecule has 1 aromatic heterocycles. The summed E-state index contributed by atoms with van der Waals surface area (Å²) in [6.07, 6.45) is 1.37. The van der Waals surface area contributed by atoms with Crippen molar-refractivity contribution in [2.45, 2.75) is 45.1 Å². The van der Waals surface area contributed by atoms with Gasteiger partial charge in [-0.25, -0.2) is 0 Å². The lowest BCUT2D eigenvalue weighted by Crippen LogP contribution is -2.51. The number of hydrogen-bond donors (Lipinski definition) is 2. The molecule has 2 heterocycles. The molecule has 0 radical (unpaired) electrons. The number of H-pyrrole nitrogens is 1. The molecule has 0 aliphatic carbocycles. The lowest BCUT2D eigenvalue weighted by atomic mass is 9.87. The number of aliphatic carboxylic acids is 1. The lowest BCUT2D eigenvalue weighted by molar-refractivity contribution is -0.137. The maximum atomic E-state index is 12.8. The van der Waals surface area contributed by atoms with Gasteiger partial charge in [0.1, 0.15) is 5.56 Å². The van der Waals surface area contributed by atoms with Crippen LogP contribution in [0.15, 0.2) is 16.9 Å². The number of nitrogens with zero attached hydrogens (tertiary/aromatic N) is 2. The third-order valence-corrected chi connectivity index (χ3v) is 5.16. The number of nitrogens with one attached hydrogen (secondary N) is 1. The highest BCUT2D eigenvalue weighted by Crippen LogP contribution is 2.25. The number of carboxylic acids is 1. The number of pyridine rings is 1. The first kappa shape index (κ1) is 20.2. The normalized spacial score (nSPS) is 20.6. The molecule has 1 aliphatic heterocycles. The second kappa shape index (κ2) is 8.49. The smallest absolute Gasteiger partial charge is 0.303 e. The number of carboxylic acid groups (broad SMARTS) is 1. The van der Waals surface area contributed by atoms with Gasteiger partial charge in [-0.2, -0.15) is 0 Å². The van der Waals surface area contributed by atoms with Crippen molar-refractivity contribution in [2.24, 2.45) is 5.92 Å². The van der Waals surface area contributed by atoms with Crippen LogP contribution in [0.25, 0.3) is 0 Å². The van der Waals surface area contributed by atoms with E-state index >= 15 is 0 Å². The van der Waals surface area contributed by atoms with Gasteiger partial charge in [-0.15, -0.1) is 0 Å². The molecule has 7 nitrogen and oxygen atoms in total. The Kier molecular flexibility index (Phi) is 6.58. The zero-order valence-corrected chi connectivity index (χ0v) is 16.0. The minimum atomic E-state index is -0.827. The van der Waals surface area contributed by atoms with Crippen molar-refractivity contribution in [1.29, 1.82) is 0 Å². The van der Waals surface area contributed by atoms with Gasteiger partial charge < -0.3 is 19.9 Å². The number of carbonyl (C=O) groups excluding carboxylic acids is 1. The van der Waals surface area contributed by atoms with Gasteiger partial charge in [0, 0.05) is 31.2 Å². The first-order chi connectivity index (χ1) is 12.2. The quantitative estimate of drug-likeness (QED) is 0.803. The summed E-state index contributed by atoms with van der Waals surface area (Å²) in [5, 5.41) is 8.99. The van der Waals surface area contributed by atoms with Gasteiger partial charge in [-0.1, -0.05) is 13.8 Å². The average molecular weight is 363 g/mol. The van der Waals surface area contributed by atoms with Crippen LogP contribution in [0, 0.1) is 5.92 Å². The fourth-order valence-corrected chi connectivity index (χ4v) is 3.64. The van der Waals surface area contributed by atoms with Gasteiger partial charge in [-0.3, -0.25) is 14.4 Å². The summed E-state index contributed by atoms with van der Waals surface area (Å²) in [7, 11) is 3.95. The molecule has 144 valence electrons. The SMILES string of the molecule is CC(C)c1ccc(C(=O)N2CC[C@@H](N(C)C)[C@@H](CCC(=O)O)C2)c(=O)[nH]1. The summed E-state index contributed by atoms with van der Waals surface area (Å²) in [4.78, 5) is 42.7. The van der Waals surface area contributed by atoms with Crippen LogP contribution in [-0.2, 0) is 4.79 Å². The monoisotopic (exact) mass is 363 g/mol. The predicted molar refractivity (Wildman–Crippen MR) is 99.5 cm³/mol. The van der Waals surface area contributed by atoms with E-state index in [9.17, 15) is 14.4 Å². The summed E-state index contributed by atoms with van der Waals surface area (Å²) < 4.78 is 0. The van der Waals surface area contributed by atoms with E-state index in [2.05, 4.69) is 9.88 Å². The fraction of sp³-hybridized carbons (Fsp3) is 0.632. The van der Waals surface area contributed by atoms with Crippen molar-refractivity contribution in [3.05, 3.63) is 33.7 Å². The molecular weight excluding hydrogens is 334 g/mol. The highest BCUT2D eigenvalue weighted by molar-refractivity contribution is 5.94. The van der Waals surface area contributed by atoms with Crippen LogP contribution >= 0.6 is 0 Å². The molecule has 0 saturated carbocycles. The summed E-state index contributed by atoms with van der Waals surface area (Å²) in [6.45, 7) is 4.99. The second-order valence-electron chi connectivity index (χ2n) is 7.57. The zero-order chi connectivity index (χ0) is 19.4. The molecule has 1 fully saturated rings. The first-order valence-electron chi connectivity index (χ1n) is 9.11. The van der Waals surface area contributed by atoms with Crippen molar-refractivity contribution in [2.75, 3.05) is 27.2 Å². The molecule has 0 bridgehead atoms. The van der Waals surface area contributed by atoms with E-state index in [0.29, 0.717) is 19.5 Å². The third-order valence-electron chi connectivity index (χ3n) is 5.16. The topological polar surface area (TPSA) is 93.7 Å². The minimum absolute atomic E-state index is 0.0767. The molecule has 1 amide bonds. The molecule has 1 aliphatic rings. The maximum absolute atomic E-state index is 12.8. The van der Waals surface area contributed by atoms with Gasteiger partial charge >= 0.3 is 5.97 Å². The highest BCUT2D eigenvalue weighted by atomic mass is 16.4. The second-order valence-corrected chi connectivity index (χ2v) is 7.57. The number of amides is 1. The van der Waals surface area contributed by atoms with Gasteiger partial charge in [-0.05, 0) is 50.9 Å². The van der Waals surface area contributed by atoms with E-state index in [4.69, 9.17) is 5.11 Å². The molecule has 7 heteroatoms. The van der Waals surface area contributed by atoms with Crippen molar-refractivity contribution < 1.29 is 14.7 Å². The molecule has 2 N–H and O–H groups in total. The summed E-state index contributed by atoms with van der Waals surface area (Å²) >= 11 is 0. The molecule has 2 atom stereocenters. The maximum Gasteiger partial charge on any atom is 0.303 e. The molecular formula is C19H29N3O4. The van der Waals surface area contributed by atoms with Crippen molar-refractivity contribution >= 4 is 11.9 Å². The largest absolute Gasteiger partial charge is 0.481 e. The zero-order valence-electron chi connectivity index (χ0n) is 16.0. The summed E-state index contributed by atoms with van der Waals surface area (Å²) in [5.41, 5.74) is 0.588. The molecule has 1 saturated heterocycles. The number of piperidine rings is 1. The summed E-state index contributed by atoms with van der Waals surface area (Å²) in [6, 6.07) is 3.62. The number of rotatable bonds is 6. The Morgan fingerprint density at radius 1 is 1.35 bits per heavy atom. The number of carbonyl (C=O) groups is 2. The van der Waals surface area contributed by atoms with E-state index in [-0.39, 0.29) is 41.3 Å². The van der Waals surface area contributed by atoms with E-state index < -0.39 is 5.97 Å². The molecule has 0 spiro atoms. The van der Waals surface area contributed by atoms with Gasteiger partial charge in [0.25, 0.3) is 11.5 Å². The highest BCUT2D eigenvalue weighted by Gasteiger charge is 2.33. The summed E-state index contributed by atoms with van der Waals surface area (Å²) in [5.74, 6) is -0.846.